The van der Waals surface area contributed by atoms with Gasteiger partial charge in [-0.15, -0.1) is 30.5 Å². The lowest BCUT2D eigenvalue weighted by molar-refractivity contribution is 0.0606. The number of nitrogen functional groups attached to an aromatic ring is 4. The zero-order valence-electron chi connectivity index (χ0n) is 54.5. The van der Waals surface area contributed by atoms with E-state index in [9.17, 15) is 10.2 Å². The summed E-state index contributed by atoms with van der Waals surface area (Å²) in [6, 6.07) is 3.56. The Morgan fingerprint density at radius 1 is 0.480 bits per heavy atom. The Morgan fingerprint density at radius 3 is 1.29 bits per heavy atom. The summed E-state index contributed by atoms with van der Waals surface area (Å²) in [4.78, 5) is 53.0. The largest absolute Gasteiger partial charge is 0.461 e. The van der Waals surface area contributed by atoms with E-state index in [-0.39, 0.29) is 71.7 Å². The fourth-order valence-electron chi connectivity index (χ4n) is 10.7. The minimum absolute atomic E-state index is 0.188. The van der Waals surface area contributed by atoms with Crippen LogP contribution in [-0.2, 0) is 26.2 Å². The zero-order valence-corrected chi connectivity index (χ0v) is 56.0. The van der Waals surface area contributed by atoms with E-state index >= 15 is 0 Å². The molecule has 500 valence electrons. The average molecular weight is 1360 g/mol. The summed E-state index contributed by atoms with van der Waals surface area (Å²) < 4.78 is 12.1. The van der Waals surface area contributed by atoms with Crippen LogP contribution in [0, 0.1) is 96.7 Å². The third kappa shape index (κ3) is 17.8. The number of unbranched alkanes of at least 4 members (excludes halogenated alkanes) is 8. The van der Waals surface area contributed by atoms with Gasteiger partial charge in [0.05, 0.1) is 44.8 Å². The number of hydrogen-bond donors (Lipinski definition) is 6. The van der Waals surface area contributed by atoms with Gasteiger partial charge in [0, 0.05) is 12.8 Å². The number of nitrogens with two attached hydrogens (primary N) is 4. The molecule has 0 atom stereocenters. The van der Waals surface area contributed by atoms with Crippen LogP contribution in [0.4, 0.5) is 23.3 Å². The summed E-state index contributed by atoms with van der Waals surface area (Å²) in [5.41, 5.74) is 25.7. The standard InChI is InChI=1S/C20H19N5O2.C18H20N8.C16H16ClN5O.C16H18ClN5/c1-2-12-25-18(14-7-6-13-27-14)24-16-17(21)22-15(23-19(16)25)8-11-20(26)9-4-3-5-10-20;1-3-5-6-7-8-9-10-14-22-16(19)15-17(23-14)25(13-4-2)18(24-15)26-20-11-12-21-26;1-2-10-22-14-12(21-15(22)17)13(18)19-11(20-14)6-9-16(23)7-4-3-5-8-16;1-3-5-6-7-8-9-10-12-19-14(18)13-15(20-12)22(11-4-2)16(17)21-13/h1,6-7,13,26H,3-5,9-10,12H2,(H2,21,22,23);2,11-12H,3,5-8,13H2,1H3,(H2,19,22,23);1,23H,3-5,7-8,10H2,(H2,18,19,20);2H,3,5-8,11H2,1H3,(H2,18,19,20). The molecule has 10 N–H and O–H groups in total. The summed E-state index contributed by atoms with van der Waals surface area (Å²) in [6.07, 6.45) is 46.2. The molecule has 0 radical (unpaired) electrons. The van der Waals surface area contributed by atoms with E-state index in [0.29, 0.717) is 99.5 Å². The van der Waals surface area contributed by atoms with Crippen molar-refractivity contribution < 1.29 is 14.6 Å². The second-order valence-corrected chi connectivity index (χ2v) is 23.6. The highest BCUT2D eigenvalue weighted by atomic mass is 35.5. The molecule has 10 aromatic heterocycles. The summed E-state index contributed by atoms with van der Waals surface area (Å²) in [7, 11) is 0. The molecule has 0 aromatic carbocycles. The van der Waals surface area contributed by atoms with Crippen molar-refractivity contribution in [2.75, 3.05) is 22.9 Å². The number of rotatable bonds is 14. The van der Waals surface area contributed by atoms with E-state index in [0.717, 1.165) is 64.2 Å². The molecule has 0 spiro atoms. The number of aliphatic hydroxyl groups is 2. The number of furan rings is 1. The topological polar surface area (TPSA) is 363 Å². The maximum atomic E-state index is 10.6. The number of nitrogens with zero attached hydrogens (tertiary/aromatic N) is 19. The van der Waals surface area contributed by atoms with Crippen LogP contribution in [0.5, 0.6) is 0 Å². The van der Waals surface area contributed by atoms with Gasteiger partial charge in [-0.25, -0.2) is 59.8 Å². The summed E-state index contributed by atoms with van der Waals surface area (Å²) >= 11 is 12.1. The van der Waals surface area contributed by atoms with Crippen molar-refractivity contribution >= 4 is 91.1 Å². The van der Waals surface area contributed by atoms with Crippen molar-refractivity contribution in [2.24, 2.45) is 0 Å². The predicted molar refractivity (Wildman–Crippen MR) is 378 cm³/mol. The third-order valence-corrected chi connectivity index (χ3v) is 16.2. The Kier molecular flexibility index (Phi) is 24.6. The lowest BCUT2D eigenvalue weighted by Gasteiger charge is -2.26. The van der Waals surface area contributed by atoms with Crippen LogP contribution in [0.25, 0.3) is 62.2 Å². The molecule has 2 aliphatic rings. The van der Waals surface area contributed by atoms with Crippen LogP contribution in [0.2, 0.25) is 10.6 Å². The van der Waals surface area contributed by atoms with Gasteiger partial charge in [-0.1, -0.05) is 113 Å². The van der Waals surface area contributed by atoms with E-state index < -0.39 is 11.2 Å². The SMILES string of the molecule is C#CCn1c(-c2ccco2)nc2c(N)nc(C#CC3(O)CCCCC3)nc21.C#CCn1c(-n2nccn2)nc2c(N)nc(C#CCCCCCC)nc21.C#CCn1c(Cl)nc2c(N)nc(C#CC3(O)CCCCC3)nc21.C#CCn1c(Cl)nc2c(N)nc(C#CCCCCCC)nc21. The van der Waals surface area contributed by atoms with Crippen LogP contribution in [-0.4, -0.2) is 114 Å². The zero-order chi connectivity index (χ0) is 69.6. The molecule has 2 saturated carbocycles. The molecule has 0 unspecified atom stereocenters. The van der Waals surface area contributed by atoms with Crippen molar-refractivity contribution in [1.82, 2.24) is 93.1 Å². The highest BCUT2D eigenvalue weighted by molar-refractivity contribution is 6.29. The normalized spacial score (nSPS) is 13.3. The summed E-state index contributed by atoms with van der Waals surface area (Å²) in [5, 5.41) is 29.6. The van der Waals surface area contributed by atoms with E-state index in [1.54, 1.807) is 49.1 Å². The van der Waals surface area contributed by atoms with Crippen LogP contribution >= 0.6 is 23.2 Å². The predicted octanol–water partition coefficient (Wildman–Crippen LogP) is 9.05. The van der Waals surface area contributed by atoms with E-state index in [2.05, 4.69) is 155 Å². The van der Waals surface area contributed by atoms with Gasteiger partial charge >= 0.3 is 0 Å². The lowest BCUT2D eigenvalue weighted by Crippen LogP contribution is -2.29. The second kappa shape index (κ2) is 34.0. The molecular weight excluding hydrogens is 1280 g/mol. The Balaban J connectivity index is 0.000000153. The van der Waals surface area contributed by atoms with Gasteiger partial charge in [-0.2, -0.15) is 10.2 Å². The van der Waals surface area contributed by atoms with Crippen molar-refractivity contribution in [1.29, 1.82) is 0 Å². The fraction of sp³-hybridized carbons (Fsp3) is 0.400. The average Bonchev–Trinajstić information content (AvgIpc) is 1.64. The van der Waals surface area contributed by atoms with E-state index in [1.807, 2.05) is 0 Å². The number of anilines is 4. The molecule has 28 heteroatoms. The molecule has 0 aliphatic heterocycles. The first-order chi connectivity index (χ1) is 47.5. The molecule has 2 fully saturated rings. The maximum Gasteiger partial charge on any atom is 0.252 e. The number of aromatic nitrogens is 19. The van der Waals surface area contributed by atoms with Gasteiger partial charge in [-0.3, -0.25) is 18.3 Å². The molecule has 0 saturated heterocycles. The first kappa shape index (κ1) is 71.1. The van der Waals surface area contributed by atoms with Crippen LogP contribution in [0.15, 0.2) is 35.2 Å². The quantitative estimate of drug-likeness (QED) is 0.0336. The van der Waals surface area contributed by atoms with Crippen LogP contribution in [0.3, 0.4) is 0 Å². The monoisotopic (exact) mass is 1350 g/mol. The van der Waals surface area contributed by atoms with Crippen molar-refractivity contribution in [2.45, 2.75) is 180 Å². The molecule has 0 amide bonds. The van der Waals surface area contributed by atoms with Gasteiger partial charge in [0.1, 0.15) is 11.2 Å². The summed E-state index contributed by atoms with van der Waals surface area (Å²) in [6.45, 7) is 5.37. The first-order valence-corrected chi connectivity index (χ1v) is 32.9. The Morgan fingerprint density at radius 2 is 0.867 bits per heavy atom. The highest BCUT2D eigenvalue weighted by Crippen LogP contribution is 2.31. The van der Waals surface area contributed by atoms with Gasteiger partial charge in [0.2, 0.25) is 33.9 Å². The minimum Gasteiger partial charge on any atom is -0.461 e. The van der Waals surface area contributed by atoms with Crippen LogP contribution < -0.4 is 22.9 Å². The molecule has 10 aromatic rings. The molecule has 2 aliphatic carbocycles. The minimum atomic E-state index is -0.982. The molecule has 10 heterocycles. The Hall–Kier alpha value is -11.2. The molecule has 26 nitrogen and oxygen atoms in total. The fourth-order valence-corrected chi connectivity index (χ4v) is 11.1. The number of halogens is 2. The molecule has 12 rings (SSSR count). The Bertz CT molecular complexity index is 4900. The van der Waals surface area contributed by atoms with Crippen molar-refractivity contribution in [3.63, 3.8) is 0 Å². The number of terminal acetylenes is 4. The van der Waals surface area contributed by atoms with E-state index in [1.165, 1.54) is 43.3 Å². The number of imidazole rings is 4. The molecule has 98 heavy (non-hydrogen) atoms. The van der Waals surface area contributed by atoms with E-state index in [4.69, 9.17) is 76.2 Å². The number of fused-ring (bicyclic) bond motifs is 4. The first-order valence-electron chi connectivity index (χ1n) is 32.1. The van der Waals surface area contributed by atoms with Crippen LogP contribution in [0.1, 0.15) is 166 Å². The third-order valence-electron chi connectivity index (χ3n) is 15.6. The second-order valence-electron chi connectivity index (χ2n) is 22.9. The maximum absolute atomic E-state index is 10.6. The van der Waals surface area contributed by atoms with Gasteiger partial charge in [-0.05, 0) is 123 Å². The van der Waals surface area contributed by atoms with Gasteiger partial charge < -0.3 is 37.6 Å². The Labute approximate surface area is 577 Å². The smallest absolute Gasteiger partial charge is 0.252 e. The number of hydrogen-bond acceptors (Lipinski definition) is 21. The highest BCUT2D eigenvalue weighted by Gasteiger charge is 2.29. The van der Waals surface area contributed by atoms with Crippen molar-refractivity contribution in [3.8, 4) is 114 Å². The molecular formula is C70H73Cl2N23O3. The van der Waals surface area contributed by atoms with Gasteiger partial charge in [0.25, 0.3) is 5.95 Å². The molecule has 0 bridgehead atoms. The van der Waals surface area contributed by atoms with Crippen molar-refractivity contribution in [3.05, 3.63) is 64.7 Å². The van der Waals surface area contributed by atoms with Gasteiger partial charge in [0.15, 0.2) is 79.5 Å². The summed E-state index contributed by atoms with van der Waals surface area (Å²) in [5.74, 6) is 37.5. The lowest BCUT2D eigenvalue weighted by atomic mass is 9.85.